The van der Waals surface area contributed by atoms with Gasteiger partial charge in [-0.2, -0.15) is 0 Å². The van der Waals surface area contributed by atoms with E-state index in [1.54, 1.807) is 12.1 Å². The van der Waals surface area contributed by atoms with E-state index in [4.69, 9.17) is 0 Å². The second kappa shape index (κ2) is 10.1. The number of carbonyl (C=O) groups excluding carboxylic acids is 1. The summed E-state index contributed by atoms with van der Waals surface area (Å²) in [7, 11) is 0. The lowest BCUT2D eigenvalue weighted by Crippen LogP contribution is -2.36. The van der Waals surface area contributed by atoms with Crippen molar-refractivity contribution in [2.24, 2.45) is 0 Å². The molecule has 0 unspecified atom stereocenters. The number of amides is 1. The lowest BCUT2D eigenvalue weighted by molar-refractivity contribution is 0.0953. The van der Waals surface area contributed by atoms with Crippen LogP contribution in [0.15, 0.2) is 30.6 Å². The molecular weight excluding hydrogens is 340 g/mol. The fraction of sp³-hybridized carbons (Fsp3) is 0.529. The van der Waals surface area contributed by atoms with Crippen LogP contribution in [0.3, 0.4) is 0 Å². The normalized spacial score (nSPS) is 15.2. The Morgan fingerprint density at radius 1 is 1.16 bits per heavy atom. The molecule has 8 heteroatoms. The summed E-state index contributed by atoms with van der Waals surface area (Å²) in [6, 6.07) is 7.87. The summed E-state index contributed by atoms with van der Waals surface area (Å²) in [4.78, 5) is 12.3. The standard InChI is InChI=1S/C17H24N6O.ClH/c24-17(19-11-10-18-15-7-3-1-2-4-8-15)14-6-5-9-16(12-14)23-13-20-21-22-23;/h5-6,9,12-13,15,18H,1-4,7-8,10-11H2,(H,19,24);1H. The smallest absolute Gasteiger partial charge is 0.251 e. The van der Waals surface area contributed by atoms with Gasteiger partial charge in [-0.05, 0) is 41.5 Å². The van der Waals surface area contributed by atoms with Gasteiger partial charge in [-0.15, -0.1) is 17.5 Å². The number of carbonyl (C=O) groups is 1. The number of hydrogen-bond donors (Lipinski definition) is 2. The summed E-state index contributed by atoms with van der Waals surface area (Å²) in [5.41, 5.74) is 1.38. The van der Waals surface area contributed by atoms with Gasteiger partial charge in [0.15, 0.2) is 0 Å². The molecule has 0 bridgehead atoms. The predicted molar refractivity (Wildman–Crippen MR) is 98.2 cm³/mol. The first-order chi connectivity index (χ1) is 11.8. The Balaban J connectivity index is 0.00000225. The molecule has 0 spiro atoms. The topological polar surface area (TPSA) is 84.7 Å². The van der Waals surface area contributed by atoms with E-state index >= 15 is 0 Å². The van der Waals surface area contributed by atoms with E-state index in [0.29, 0.717) is 18.2 Å². The van der Waals surface area contributed by atoms with Gasteiger partial charge in [0.25, 0.3) is 5.91 Å². The molecule has 1 heterocycles. The zero-order valence-electron chi connectivity index (χ0n) is 14.2. The van der Waals surface area contributed by atoms with Crippen molar-refractivity contribution in [2.75, 3.05) is 13.1 Å². The molecular formula is C17H25ClN6O. The fourth-order valence-corrected chi connectivity index (χ4v) is 3.11. The van der Waals surface area contributed by atoms with Crippen LogP contribution >= 0.6 is 12.4 Å². The molecule has 1 aliphatic rings. The number of benzene rings is 1. The maximum absolute atomic E-state index is 12.3. The van der Waals surface area contributed by atoms with Crippen molar-refractivity contribution in [3.8, 4) is 5.69 Å². The second-order valence-electron chi connectivity index (χ2n) is 6.20. The number of halogens is 1. The SMILES string of the molecule is Cl.O=C(NCCNC1CCCCCC1)c1cccc(-n2cnnn2)c1. The van der Waals surface area contributed by atoms with E-state index in [1.807, 2.05) is 12.1 Å². The van der Waals surface area contributed by atoms with Crippen molar-refractivity contribution < 1.29 is 4.79 Å². The van der Waals surface area contributed by atoms with Crippen LogP contribution in [-0.4, -0.2) is 45.2 Å². The number of aromatic nitrogens is 4. The maximum atomic E-state index is 12.3. The van der Waals surface area contributed by atoms with Gasteiger partial charge in [-0.3, -0.25) is 4.79 Å². The van der Waals surface area contributed by atoms with E-state index in [0.717, 1.165) is 12.2 Å². The van der Waals surface area contributed by atoms with E-state index in [-0.39, 0.29) is 18.3 Å². The van der Waals surface area contributed by atoms with Crippen LogP contribution in [0, 0.1) is 0 Å². The average molecular weight is 365 g/mol. The molecule has 2 aromatic rings. The first-order valence-electron chi connectivity index (χ1n) is 8.68. The number of nitrogens with one attached hydrogen (secondary N) is 2. The average Bonchev–Trinajstić information content (AvgIpc) is 3.03. The molecule has 1 aromatic heterocycles. The lowest BCUT2D eigenvalue weighted by atomic mass is 10.1. The van der Waals surface area contributed by atoms with Gasteiger partial charge in [-0.1, -0.05) is 31.7 Å². The Morgan fingerprint density at radius 2 is 1.96 bits per heavy atom. The Kier molecular flexibility index (Phi) is 7.81. The molecule has 0 radical (unpaired) electrons. The molecule has 1 aromatic carbocycles. The van der Waals surface area contributed by atoms with Crippen LogP contribution in [0.5, 0.6) is 0 Å². The van der Waals surface area contributed by atoms with Crippen molar-refractivity contribution in [2.45, 2.75) is 44.6 Å². The largest absolute Gasteiger partial charge is 0.351 e. The number of hydrogen-bond acceptors (Lipinski definition) is 5. The zero-order chi connectivity index (χ0) is 16.6. The van der Waals surface area contributed by atoms with Crippen LogP contribution < -0.4 is 10.6 Å². The molecule has 1 amide bonds. The van der Waals surface area contributed by atoms with Gasteiger partial charge in [0, 0.05) is 24.7 Å². The zero-order valence-corrected chi connectivity index (χ0v) is 15.0. The van der Waals surface area contributed by atoms with Crippen molar-refractivity contribution in [1.29, 1.82) is 0 Å². The Bertz CT molecular complexity index is 640. The molecule has 2 N–H and O–H groups in total. The lowest BCUT2D eigenvalue weighted by Gasteiger charge is -2.16. The van der Waals surface area contributed by atoms with Gasteiger partial charge in [0.05, 0.1) is 5.69 Å². The Morgan fingerprint density at radius 3 is 2.68 bits per heavy atom. The molecule has 7 nitrogen and oxygen atoms in total. The molecule has 1 saturated carbocycles. The summed E-state index contributed by atoms with van der Waals surface area (Å²) >= 11 is 0. The first kappa shape index (κ1) is 19.3. The highest BCUT2D eigenvalue weighted by atomic mass is 35.5. The third kappa shape index (κ3) is 5.79. The number of rotatable bonds is 6. The van der Waals surface area contributed by atoms with E-state index in [9.17, 15) is 4.79 Å². The first-order valence-corrected chi connectivity index (χ1v) is 8.68. The number of nitrogens with zero attached hydrogens (tertiary/aromatic N) is 4. The minimum atomic E-state index is -0.0763. The van der Waals surface area contributed by atoms with Crippen LogP contribution in [0.2, 0.25) is 0 Å². The molecule has 136 valence electrons. The minimum Gasteiger partial charge on any atom is -0.351 e. The molecule has 0 aliphatic heterocycles. The van der Waals surface area contributed by atoms with Gasteiger partial charge in [0.2, 0.25) is 0 Å². The van der Waals surface area contributed by atoms with Crippen molar-refractivity contribution in [3.63, 3.8) is 0 Å². The van der Waals surface area contributed by atoms with E-state index in [2.05, 4.69) is 26.2 Å². The Labute approximate surface area is 154 Å². The highest BCUT2D eigenvalue weighted by Crippen LogP contribution is 2.16. The monoisotopic (exact) mass is 364 g/mol. The summed E-state index contributed by atoms with van der Waals surface area (Å²) in [6.45, 7) is 1.44. The van der Waals surface area contributed by atoms with Gasteiger partial charge in [-0.25, -0.2) is 4.68 Å². The fourth-order valence-electron chi connectivity index (χ4n) is 3.11. The number of tetrazole rings is 1. The quantitative estimate of drug-likeness (QED) is 0.606. The molecule has 0 atom stereocenters. The minimum absolute atomic E-state index is 0. The van der Waals surface area contributed by atoms with Gasteiger partial charge in [0.1, 0.15) is 6.33 Å². The molecule has 1 fully saturated rings. The van der Waals surface area contributed by atoms with Crippen LogP contribution in [0.1, 0.15) is 48.9 Å². The highest BCUT2D eigenvalue weighted by Gasteiger charge is 2.11. The summed E-state index contributed by atoms with van der Waals surface area (Å²) in [5.74, 6) is -0.0763. The maximum Gasteiger partial charge on any atom is 0.251 e. The second-order valence-corrected chi connectivity index (χ2v) is 6.20. The summed E-state index contributed by atoms with van der Waals surface area (Å²) in [6.07, 6.45) is 9.35. The summed E-state index contributed by atoms with van der Waals surface area (Å²) in [5, 5.41) is 17.6. The predicted octanol–water partition coefficient (Wildman–Crippen LogP) is 2.13. The molecule has 0 saturated heterocycles. The molecule has 1 aliphatic carbocycles. The van der Waals surface area contributed by atoms with Gasteiger partial charge >= 0.3 is 0 Å². The van der Waals surface area contributed by atoms with Crippen LogP contribution in [0.25, 0.3) is 5.69 Å². The molecule has 25 heavy (non-hydrogen) atoms. The third-order valence-electron chi connectivity index (χ3n) is 4.42. The van der Waals surface area contributed by atoms with Crippen molar-refractivity contribution >= 4 is 18.3 Å². The summed E-state index contributed by atoms with van der Waals surface area (Å²) < 4.78 is 1.53. The van der Waals surface area contributed by atoms with Crippen LogP contribution in [0.4, 0.5) is 0 Å². The highest BCUT2D eigenvalue weighted by molar-refractivity contribution is 5.94. The van der Waals surface area contributed by atoms with Crippen molar-refractivity contribution in [1.82, 2.24) is 30.8 Å². The van der Waals surface area contributed by atoms with Crippen LogP contribution in [-0.2, 0) is 0 Å². The van der Waals surface area contributed by atoms with Crippen molar-refractivity contribution in [3.05, 3.63) is 36.2 Å². The van der Waals surface area contributed by atoms with Gasteiger partial charge < -0.3 is 10.6 Å². The van der Waals surface area contributed by atoms with E-state index in [1.165, 1.54) is 49.5 Å². The third-order valence-corrected chi connectivity index (χ3v) is 4.42. The molecule has 3 rings (SSSR count). The van der Waals surface area contributed by atoms with E-state index < -0.39 is 0 Å². The Hall–Kier alpha value is -1.99.